The molecule has 1 atom stereocenters. The molecule has 23 heavy (non-hydrogen) atoms. The number of nitrogens with zero attached hydrogens (tertiary/aromatic N) is 2. The third kappa shape index (κ3) is 4.28. The van der Waals surface area contributed by atoms with Gasteiger partial charge in [-0.25, -0.2) is 0 Å². The summed E-state index contributed by atoms with van der Waals surface area (Å²) in [7, 11) is 3.52. The Kier molecular flexibility index (Phi) is 5.67. The molecule has 122 valence electrons. The van der Waals surface area contributed by atoms with Gasteiger partial charge in [-0.2, -0.15) is 0 Å². The Balaban J connectivity index is 2.09. The maximum Gasteiger partial charge on any atom is 0.269 e. The molecule has 6 heteroatoms. The smallest absolute Gasteiger partial charge is 0.269 e. The Morgan fingerprint density at radius 1 is 1.17 bits per heavy atom. The third-order valence-electron chi connectivity index (χ3n) is 3.78. The van der Waals surface area contributed by atoms with Crippen LogP contribution in [0, 0.1) is 10.1 Å². The lowest BCUT2D eigenvalue weighted by Gasteiger charge is -2.27. The number of likely N-dealkylation sites (N-methyl/N-ethyl adjacent to an activating group) is 1. The molecule has 0 saturated carbocycles. The van der Waals surface area contributed by atoms with Crippen LogP contribution >= 0.6 is 0 Å². The largest absolute Gasteiger partial charge is 0.497 e. The van der Waals surface area contributed by atoms with Gasteiger partial charge in [-0.1, -0.05) is 24.3 Å². The van der Waals surface area contributed by atoms with E-state index in [-0.39, 0.29) is 18.3 Å². The molecular formula is C17H20N2O4. The fraction of sp³-hybridized carbons (Fsp3) is 0.294. The van der Waals surface area contributed by atoms with Gasteiger partial charge in [-0.3, -0.25) is 15.0 Å². The highest BCUT2D eigenvalue weighted by molar-refractivity contribution is 5.33. The highest BCUT2D eigenvalue weighted by Crippen LogP contribution is 2.23. The SMILES string of the molecule is COc1ccc([C@H](CO)N(C)Cc2ccc([N+](=O)[O-])cc2)cc1. The molecule has 0 saturated heterocycles. The van der Waals surface area contributed by atoms with E-state index >= 15 is 0 Å². The fourth-order valence-corrected chi connectivity index (χ4v) is 2.45. The first-order valence-electron chi connectivity index (χ1n) is 7.23. The second-order valence-electron chi connectivity index (χ2n) is 5.31. The number of nitro benzene ring substituents is 1. The van der Waals surface area contributed by atoms with Crippen molar-refractivity contribution in [3.63, 3.8) is 0 Å². The zero-order chi connectivity index (χ0) is 16.8. The predicted octanol–water partition coefficient (Wildman–Crippen LogP) is 2.77. The fourth-order valence-electron chi connectivity index (χ4n) is 2.45. The third-order valence-corrected chi connectivity index (χ3v) is 3.78. The molecule has 2 aromatic carbocycles. The van der Waals surface area contributed by atoms with Crippen LogP contribution in [0.3, 0.4) is 0 Å². The number of aliphatic hydroxyl groups excluding tert-OH is 1. The molecule has 1 N–H and O–H groups in total. The minimum Gasteiger partial charge on any atom is -0.497 e. The van der Waals surface area contributed by atoms with Gasteiger partial charge < -0.3 is 9.84 Å². The van der Waals surface area contributed by atoms with Crippen molar-refractivity contribution in [3.8, 4) is 5.75 Å². The van der Waals surface area contributed by atoms with Gasteiger partial charge in [-0.05, 0) is 30.3 Å². The van der Waals surface area contributed by atoms with Crippen molar-refractivity contribution in [3.05, 3.63) is 69.8 Å². The molecule has 0 spiro atoms. The summed E-state index contributed by atoms with van der Waals surface area (Å²) in [5, 5.41) is 20.4. The van der Waals surface area contributed by atoms with Crippen molar-refractivity contribution >= 4 is 5.69 Å². The van der Waals surface area contributed by atoms with E-state index in [0.717, 1.165) is 16.9 Å². The molecule has 0 bridgehead atoms. The minimum atomic E-state index is -0.415. The van der Waals surface area contributed by atoms with Crippen molar-refractivity contribution in [1.29, 1.82) is 0 Å². The number of hydrogen-bond acceptors (Lipinski definition) is 5. The van der Waals surface area contributed by atoms with E-state index in [0.29, 0.717) is 6.54 Å². The van der Waals surface area contributed by atoms with Gasteiger partial charge in [0.15, 0.2) is 0 Å². The standard InChI is InChI=1S/C17H20N2O4/c1-18(11-13-3-7-15(8-4-13)19(21)22)17(12-20)14-5-9-16(23-2)10-6-14/h3-10,17,20H,11-12H2,1-2H3/t17-/m0/s1. The van der Waals surface area contributed by atoms with Gasteiger partial charge in [-0.15, -0.1) is 0 Å². The summed E-state index contributed by atoms with van der Waals surface area (Å²) in [6.07, 6.45) is 0. The van der Waals surface area contributed by atoms with E-state index in [1.807, 2.05) is 36.2 Å². The molecule has 0 aromatic heterocycles. The number of aliphatic hydroxyl groups is 1. The van der Waals surface area contributed by atoms with E-state index in [9.17, 15) is 15.2 Å². The molecule has 0 fully saturated rings. The molecule has 0 aliphatic carbocycles. The van der Waals surface area contributed by atoms with Crippen LogP contribution < -0.4 is 4.74 Å². The predicted molar refractivity (Wildman–Crippen MR) is 87.4 cm³/mol. The topological polar surface area (TPSA) is 75.8 Å². The maximum atomic E-state index is 10.7. The van der Waals surface area contributed by atoms with Gasteiger partial charge >= 0.3 is 0 Å². The number of ether oxygens (including phenoxy) is 1. The molecule has 0 amide bonds. The summed E-state index contributed by atoms with van der Waals surface area (Å²) >= 11 is 0. The van der Waals surface area contributed by atoms with Crippen molar-refractivity contribution < 1.29 is 14.8 Å². The zero-order valence-corrected chi connectivity index (χ0v) is 13.2. The lowest BCUT2D eigenvalue weighted by atomic mass is 10.1. The average molecular weight is 316 g/mol. The van der Waals surface area contributed by atoms with Crippen LogP contribution in [0.1, 0.15) is 17.2 Å². The quantitative estimate of drug-likeness (QED) is 0.628. The number of benzene rings is 2. The lowest BCUT2D eigenvalue weighted by molar-refractivity contribution is -0.384. The van der Waals surface area contributed by atoms with Crippen molar-refractivity contribution in [2.24, 2.45) is 0 Å². The second-order valence-corrected chi connectivity index (χ2v) is 5.31. The summed E-state index contributed by atoms with van der Waals surface area (Å²) in [5.74, 6) is 0.767. The number of methoxy groups -OCH3 is 1. The molecule has 0 radical (unpaired) electrons. The summed E-state index contributed by atoms with van der Waals surface area (Å²) in [5.41, 5.74) is 2.01. The van der Waals surface area contributed by atoms with Crippen LogP contribution in [0.15, 0.2) is 48.5 Å². The Morgan fingerprint density at radius 2 is 1.78 bits per heavy atom. The van der Waals surface area contributed by atoms with Crippen molar-refractivity contribution in [1.82, 2.24) is 4.90 Å². The summed E-state index contributed by atoms with van der Waals surface area (Å²) in [4.78, 5) is 12.3. The molecule has 0 heterocycles. The summed E-state index contributed by atoms with van der Waals surface area (Å²) in [6, 6.07) is 13.9. The van der Waals surface area contributed by atoms with Crippen molar-refractivity contribution in [2.75, 3.05) is 20.8 Å². The van der Waals surface area contributed by atoms with Crippen LogP contribution in [0.4, 0.5) is 5.69 Å². The molecule has 0 unspecified atom stereocenters. The molecule has 0 aliphatic heterocycles. The molecule has 2 aromatic rings. The maximum absolute atomic E-state index is 10.7. The lowest BCUT2D eigenvalue weighted by Crippen LogP contribution is -2.26. The van der Waals surface area contributed by atoms with Crippen molar-refractivity contribution in [2.45, 2.75) is 12.6 Å². The number of rotatable bonds is 7. The number of nitro groups is 1. The highest BCUT2D eigenvalue weighted by Gasteiger charge is 2.17. The first-order valence-corrected chi connectivity index (χ1v) is 7.23. The Labute approximate surface area is 135 Å². The average Bonchev–Trinajstić information content (AvgIpc) is 2.56. The highest BCUT2D eigenvalue weighted by atomic mass is 16.6. The van der Waals surface area contributed by atoms with Crippen LogP contribution in [-0.2, 0) is 6.54 Å². The van der Waals surface area contributed by atoms with E-state index in [1.54, 1.807) is 19.2 Å². The van der Waals surface area contributed by atoms with E-state index in [4.69, 9.17) is 4.74 Å². The minimum absolute atomic E-state index is 0.0180. The molecular weight excluding hydrogens is 296 g/mol. The zero-order valence-electron chi connectivity index (χ0n) is 13.2. The van der Waals surface area contributed by atoms with Gasteiger partial charge in [0, 0.05) is 18.7 Å². The number of hydrogen-bond donors (Lipinski definition) is 1. The first kappa shape index (κ1) is 16.9. The monoisotopic (exact) mass is 316 g/mol. The number of non-ortho nitro benzene ring substituents is 1. The van der Waals surface area contributed by atoms with E-state index in [1.165, 1.54) is 12.1 Å². The van der Waals surface area contributed by atoms with Crippen LogP contribution in [0.2, 0.25) is 0 Å². The Bertz CT molecular complexity index is 641. The summed E-state index contributed by atoms with van der Waals surface area (Å²) in [6.45, 7) is 0.561. The molecule has 0 aliphatic rings. The van der Waals surface area contributed by atoms with Gasteiger partial charge in [0.2, 0.25) is 0 Å². The normalized spacial score (nSPS) is 12.2. The molecule has 6 nitrogen and oxygen atoms in total. The Morgan fingerprint density at radius 3 is 2.26 bits per heavy atom. The summed E-state index contributed by atoms with van der Waals surface area (Å²) < 4.78 is 5.14. The molecule has 2 rings (SSSR count). The first-order chi connectivity index (χ1) is 11.0. The Hall–Kier alpha value is -2.44. The van der Waals surface area contributed by atoms with Crippen LogP contribution in [-0.4, -0.2) is 35.7 Å². The van der Waals surface area contributed by atoms with E-state index in [2.05, 4.69) is 0 Å². The van der Waals surface area contributed by atoms with Crippen LogP contribution in [0.5, 0.6) is 5.75 Å². The second kappa shape index (κ2) is 7.71. The van der Waals surface area contributed by atoms with Gasteiger partial charge in [0.05, 0.1) is 24.7 Å². The van der Waals surface area contributed by atoms with Gasteiger partial charge in [0.25, 0.3) is 5.69 Å². The van der Waals surface area contributed by atoms with Crippen LogP contribution in [0.25, 0.3) is 0 Å². The van der Waals surface area contributed by atoms with E-state index < -0.39 is 4.92 Å². The van der Waals surface area contributed by atoms with Gasteiger partial charge in [0.1, 0.15) is 5.75 Å².